The second kappa shape index (κ2) is 9.93. The largest absolute Gasteiger partial charge is 0.497 e. The van der Waals surface area contributed by atoms with E-state index in [-0.39, 0.29) is 12.4 Å². The quantitative estimate of drug-likeness (QED) is 0.472. The van der Waals surface area contributed by atoms with E-state index < -0.39 is 24.0 Å². The summed E-state index contributed by atoms with van der Waals surface area (Å²) in [5, 5.41) is 10.7. The molecule has 0 saturated heterocycles. The number of halogens is 4. The zero-order valence-corrected chi connectivity index (χ0v) is 16.0. The van der Waals surface area contributed by atoms with Crippen LogP contribution in [-0.2, 0) is 9.47 Å². The van der Waals surface area contributed by atoms with Crippen LogP contribution in [-0.4, -0.2) is 32.3 Å². The third-order valence-electron chi connectivity index (χ3n) is 3.95. The maximum absolute atomic E-state index is 13.7. The van der Waals surface area contributed by atoms with Gasteiger partial charge in [0.1, 0.15) is 24.8 Å². The van der Waals surface area contributed by atoms with E-state index in [9.17, 15) is 18.3 Å². The Hall–Kier alpha value is -2.06. The molecule has 0 fully saturated rings. The monoisotopic (exact) mass is 416 g/mol. The average molecular weight is 417 g/mol. The van der Waals surface area contributed by atoms with Crippen LogP contribution in [0.5, 0.6) is 5.75 Å². The number of rotatable bonds is 8. The Morgan fingerprint density at radius 3 is 2.11 bits per heavy atom. The summed E-state index contributed by atoms with van der Waals surface area (Å²) < 4.78 is 56.4. The molecule has 28 heavy (non-hydrogen) atoms. The Bertz CT molecular complexity index is 774. The number of alkyl halides is 3. The summed E-state index contributed by atoms with van der Waals surface area (Å²) in [6.07, 6.45) is -6.92. The minimum absolute atomic E-state index is 0.0631. The Balaban J connectivity index is 2.44. The van der Waals surface area contributed by atoms with Crippen molar-refractivity contribution in [3.63, 3.8) is 0 Å². The molecule has 0 heterocycles. The first kappa shape index (κ1) is 22.2. The number of methoxy groups -OCH3 is 2. The van der Waals surface area contributed by atoms with Gasteiger partial charge in [-0.25, -0.2) is 0 Å². The van der Waals surface area contributed by atoms with Crippen LogP contribution >= 0.6 is 11.6 Å². The Kier molecular flexibility index (Phi) is 7.88. The lowest BCUT2D eigenvalue weighted by Crippen LogP contribution is -2.20. The third kappa shape index (κ3) is 5.97. The number of benzene rings is 2. The van der Waals surface area contributed by atoms with Crippen molar-refractivity contribution in [3.05, 3.63) is 76.3 Å². The first-order chi connectivity index (χ1) is 13.3. The Labute approximate surface area is 166 Å². The van der Waals surface area contributed by atoms with Gasteiger partial charge in [0, 0.05) is 12.1 Å². The van der Waals surface area contributed by atoms with Crippen molar-refractivity contribution in [2.75, 3.05) is 21.0 Å². The first-order valence-corrected chi connectivity index (χ1v) is 8.61. The van der Waals surface area contributed by atoms with Gasteiger partial charge in [-0.3, -0.25) is 0 Å². The molecule has 1 N–H and O–H groups in total. The maximum atomic E-state index is 13.7. The normalized spacial score (nSPS) is 14.6. The molecule has 0 saturated carbocycles. The lowest BCUT2D eigenvalue weighted by molar-refractivity contribution is -0.109. The van der Waals surface area contributed by atoms with Gasteiger partial charge in [0.25, 0.3) is 0 Å². The molecule has 152 valence electrons. The van der Waals surface area contributed by atoms with E-state index in [0.29, 0.717) is 16.3 Å². The van der Waals surface area contributed by atoms with Crippen LogP contribution in [0.1, 0.15) is 23.3 Å². The van der Waals surface area contributed by atoms with Gasteiger partial charge < -0.3 is 19.3 Å². The summed E-state index contributed by atoms with van der Waals surface area (Å²) in [5.74, 6) is 0.551. The molecule has 4 nitrogen and oxygen atoms in total. The molecule has 0 amide bonds. The summed E-state index contributed by atoms with van der Waals surface area (Å²) in [4.78, 5) is 0. The van der Waals surface area contributed by atoms with Crippen LogP contribution in [0.2, 0.25) is 5.02 Å². The van der Waals surface area contributed by atoms with Gasteiger partial charge in [-0.2, -0.15) is 13.2 Å². The van der Waals surface area contributed by atoms with Crippen molar-refractivity contribution in [2.24, 2.45) is 0 Å². The van der Waals surface area contributed by atoms with Crippen molar-refractivity contribution in [2.45, 2.75) is 18.4 Å². The van der Waals surface area contributed by atoms with E-state index in [0.717, 1.165) is 6.08 Å². The van der Waals surface area contributed by atoms with Gasteiger partial charge in [-0.1, -0.05) is 35.9 Å². The molecular formula is C20H20ClF3O4. The minimum Gasteiger partial charge on any atom is -0.497 e. The molecule has 0 spiro atoms. The molecule has 0 aliphatic rings. The number of aliphatic hydroxyl groups is 1. The second-order valence-electron chi connectivity index (χ2n) is 5.84. The van der Waals surface area contributed by atoms with Gasteiger partial charge in [0.2, 0.25) is 0 Å². The fraction of sp³-hybridized carbons (Fsp3) is 0.300. The predicted octanol–water partition coefficient (Wildman–Crippen LogP) is 5.23. The standard InChI is InChI=1S/C20H20ClF3O4/c1-26-12-28-18(13-5-9-16(27-2)10-6-13)11-17(20(22,23)24)19(25)14-3-7-15(21)8-4-14/h3-11,18-19,25H,12H2,1-2H3/b17-11-. The second-order valence-corrected chi connectivity index (χ2v) is 6.28. The molecule has 2 atom stereocenters. The molecule has 2 unspecified atom stereocenters. The molecule has 2 aromatic carbocycles. The summed E-state index contributed by atoms with van der Waals surface area (Å²) in [6, 6.07) is 11.9. The summed E-state index contributed by atoms with van der Waals surface area (Å²) in [7, 11) is 2.85. The molecular weight excluding hydrogens is 397 g/mol. The van der Waals surface area contributed by atoms with Gasteiger partial charge in [0.15, 0.2) is 0 Å². The molecule has 0 aliphatic heterocycles. The predicted molar refractivity (Wildman–Crippen MR) is 99.2 cm³/mol. The van der Waals surface area contributed by atoms with Crippen molar-refractivity contribution in [1.29, 1.82) is 0 Å². The third-order valence-corrected chi connectivity index (χ3v) is 4.20. The van der Waals surface area contributed by atoms with E-state index in [1.807, 2.05) is 0 Å². The highest BCUT2D eigenvalue weighted by Crippen LogP contribution is 2.38. The highest BCUT2D eigenvalue weighted by Gasteiger charge is 2.39. The minimum atomic E-state index is -4.78. The first-order valence-electron chi connectivity index (χ1n) is 8.23. The maximum Gasteiger partial charge on any atom is 0.415 e. The molecule has 2 rings (SSSR count). The number of aliphatic hydroxyl groups excluding tert-OH is 1. The lowest BCUT2D eigenvalue weighted by atomic mass is 9.97. The number of hydrogen-bond donors (Lipinski definition) is 1. The van der Waals surface area contributed by atoms with E-state index in [1.165, 1.54) is 38.5 Å². The van der Waals surface area contributed by atoms with Crippen LogP contribution in [0.3, 0.4) is 0 Å². The summed E-state index contributed by atoms with van der Waals surface area (Å²) >= 11 is 5.77. The fourth-order valence-electron chi connectivity index (χ4n) is 2.50. The SMILES string of the molecule is COCOC(/C=C(/C(O)c1ccc(Cl)cc1)C(F)(F)F)c1ccc(OC)cc1. The van der Waals surface area contributed by atoms with E-state index >= 15 is 0 Å². The number of hydrogen-bond acceptors (Lipinski definition) is 4. The van der Waals surface area contributed by atoms with Crippen LogP contribution in [0, 0.1) is 0 Å². The number of ether oxygens (including phenoxy) is 3. The van der Waals surface area contributed by atoms with Gasteiger partial charge in [0.05, 0.1) is 12.7 Å². The smallest absolute Gasteiger partial charge is 0.415 e. The zero-order valence-electron chi connectivity index (χ0n) is 15.2. The van der Waals surface area contributed by atoms with Crippen LogP contribution in [0.15, 0.2) is 60.2 Å². The molecule has 0 aliphatic carbocycles. The molecule has 8 heteroatoms. The van der Waals surface area contributed by atoms with Crippen molar-refractivity contribution < 1.29 is 32.5 Å². The van der Waals surface area contributed by atoms with E-state index in [4.69, 9.17) is 25.8 Å². The van der Waals surface area contributed by atoms with Crippen LogP contribution in [0.25, 0.3) is 0 Å². The van der Waals surface area contributed by atoms with Crippen molar-refractivity contribution in [1.82, 2.24) is 0 Å². The summed E-state index contributed by atoms with van der Waals surface area (Å²) in [5.41, 5.74) is -0.636. The van der Waals surface area contributed by atoms with Crippen molar-refractivity contribution >= 4 is 11.6 Å². The Morgan fingerprint density at radius 1 is 1.04 bits per heavy atom. The molecule has 2 aromatic rings. The van der Waals surface area contributed by atoms with E-state index in [1.54, 1.807) is 24.3 Å². The molecule has 0 bridgehead atoms. The molecule has 0 aromatic heterocycles. The van der Waals surface area contributed by atoms with Crippen LogP contribution < -0.4 is 4.74 Å². The highest BCUT2D eigenvalue weighted by molar-refractivity contribution is 6.30. The lowest BCUT2D eigenvalue weighted by Gasteiger charge is -2.22. The van der Waals surface area contributed by atoms with E-state index in [2.05, 4.69) is 0 Å². The van der Waals surface area contributed by atoms with Gasteiger partial charge >= 0.3 is 6.18 Å². The Morgan fingerprint density at radius 2 is 1.61 bits per heavy atom. The van der Waals surface area contributed by atoms with Crippen LogP contribution in [0.4, 0.5) is 13.2 Å². The fourth-order valence-corrected chi connectivity index (χ4v) is 2.63. The topological polar surface area (TPSA) is 47.9 Å². The zero-order chi connectivity index (χ0) is 20.7. The van der Waals surface area contributed by atoms with Gasteiger partial charge in [-0.05, 0) is 41.5 Å². The average Bonchev–Trinajstić information content (AvgIpc) is 2.67. The summed E-state index contributed by atoms with van der Waals surface area (Å²) in [6.45, 7) is -0.227. The highest BCUT2D eigenvalue weighted by atomic mass is 35.5. The van der Waals surface area contributed by atoms with Gasteiger partial charge in [-0.15, -0.1) is 0 Å². The van der Waals surface area contributed by atoms with Crippen molar-refractivity contribution in [3.8, 4) is 5.75 Å². The molecule has 0 radical (unpaired) electrons.